The van der Waals surface area contributed by atoms with E-state index < -0.39 is 15.7 Å². The summed E-state index contributed by atoms with van der Waals surface area (Å²) in [5, 5.41) is 0.210. The molecule has 0 unspecified atom stereocenters. The molecular weight excluding hydrogens is 518 g/mol. The molecule has 2 aromatic carbocycles. The van der Waals surface area contributed by atoms with E-state index in [1.54, 1.807) is 36.4 Å². The van der Waals surface area contributed by atoms with E-state index in [4.69, 9.17) is 20.4 Å². The van der Waals surface area contributed by atoms with Gasteiger partial charge in [0.1, 0.15) is 5.76 Å². The Bertz CT molecular complexity index is 1330. The third kappa shape index (κ3) is 4.82. The Labute approximate surface area is 198 Å². The number of halogens is 2. The van der Waals surface area contributed by atoms with Crippen molar-refractivity contribution in [3.63, 3.8) is 0 Å². The molecule has 0 aliphatic heterocycles. The van der Waals surface area contributed by atoms with Crippen LogP contribution in [-0.4, -0.2) is 19.2 Å². The molecule has 6 nitrogen and oxygen atoms in total. The molecule has 0 N–H and O–H groups in total. The van der Waals surface area contributed by atoms with Gasteiger partial charge in [-0.2, -0.15) is 0 Å². The molecule has 4 rings (SSSR count). The summed E-state index contributed by atoms with van der Waals surface area (Å²) in [5.41, 5.74) is 0.739. The standard InChI is InChI=1S/C23H17BrClNO5S/c24-17-7-9-19(10-8-17)32(28,29)22-12-11-21(31-22)23(27)26(15-18-5-3-13-30-18)14-16-4-1-2-6-20(16)25/h1-13H,14-15H2. The number of rotatable bonds is 7. The first-order valence-corrected chi connectivity index (χ1v) is 12.2. The first-order valence-electron chi connectivity index (χ1n) is 9.50. The number of sulfone groups is 1. The SMILES string of the molecule is O=C(c1ccc(S(=O)(=O)c2ccc(Br)cc2)o1)N(Cc1ccco1)Cc1ccccc1Cl. The number of benzene rings is 2. The fourth-order valence-electron chi connectivity index (χ4n) is 3.09. The minimum absolute atomic E-state index is 0.0672. The van der Waals surface area contributed by atoms with Crippen molar-refractivity contribution in [3.8, 4) is 0 Å². The fourth-order valence-corrected chi connectivity index (χ4v) is 4.72. The summed E-state index contributed by atoms with van der Waals surface area (Å²) in [6, 6.07) is 19.5. The van der Waals surface area contributed by atoms with Crippen LogP contribution in [0.2, 0.25) is 5.02 Å². The molecule has 0 saturated heterocycles. The molecule has 2 heterocycles. The van der Waals surface area contributed by atoms with Crippen LogP contribution in [0.25, 0.3) is 0 Å². The van der Waals surface area contributed by atoms with Crippen LogP contribution in [0.4, 0.5) is 0 Å². The molecule has 32 heavy (non-hydrogen) atoms. The average Bonchev–Trinajstić information content (AvgIpc) is 3.47. The molecular formula is C23H17BrClNO5S. The normalized spacial score (nSPS) is 11.4. The van der Waals surface area contributed by atoms with Gasteiger partial charge in [0.2, 0.25) is 14.9 Å². The number of furan rings is 2. The number of amides is 1. The van der Waals surface area contributed by atoms with Crippen LogP contribution in [0.15, 0.2) is 102 Å². The molecule has 0 saturated carbocycles. The van der Waals surface area contributed by atoms with Crippen LogP contribution in [0.5, 0.6) is 0 Å². The third-order valence-corrected chi connectivity index (χ3v) is 7.25. The van der Waals surface area contributed by atoms with Crippen molar-refractivity contribution in [3.05, 3.63) is 106 Å². The Morgan fingerprint density at radius 3 is 2.38 bits per heavy atom. The second-order valence-electron chi connectivity index (χ2n) is 6.91. The molecule has 0 atom stereocenters. The molecule has 4 aromatic rings. The van der Waals surface area contributed by atoms with E-state index in [2.05, 4.69) is 15.9 Å². The van der Waals surface area contributed by atoms with Crippen molar-refractivity contribution in [1.29, 1.82) is 0 Å². The summed E-state index contributed by atoms with van der Waals surface area (Å²) in [6.07, 6.45) is 1.52. The van der Waals surface area contributed by atoms with Crippen molar-refractivity contribution in [1.82, 2.24) is 4.90 Å². The van der Waals surface area contributed by atoms with Crippen molar-refractivity contribution < 1.29 is 22.0 Å². The van der Waals surface area contributed by atoms with Gasteiger partial charge in [0.15, 0.2) is 5.76 Å². The predicted molar refractivity (Wildman–Crippen MR) is 122 cm³/mol. The lowest BCUT2D eigenvalue weighted by Gasteiger charge is -2.21. The van der Waals surface area contributed by atoms with Crippen molar-refractivity contribution >= 4 is 43.3 Å². The van der Waals surface area contributed by atoms with Gasteiger partial charge in [-0.05, 0) is 60.2 Å². The predicted octanol–water partition coefficient (Wildman–Crippen LogP) is 5.96. The molecule has 0 aliphatic carbocycles. The third-order valence-electron chi connectivity index (χ3n) is 4.71. The quantitative estimate of drug-likeness (QED) is 0.292. The number of carbonyl (C=O) groups is 1. The van der Waals surface area contributed by atoms with Gasteiger partial charge in [-0.15, -0.1) is 0 Å². The Kier molecular flexibility index (Phi) is 6.55. The summed E-state index contributed by atoms with van der Waals surface area (Å²) in [4.78, 5) is 14.8. The lowest BCUT2D eigenvalue weighted by molar-refractivity contribution is 0.0679. The largest absolute Gasteiger partial charge is 0.467 e. The highest BCUT2D eigenvalue weighted by Gasteiger charge is 2.26. The van der Waals surface area contributed by atoms with E-state index in [9.17, 15) is 13.2 Å². The first-order chi connectivity index (χ1) is 15.3. The zero-order chi connectivity index (χ0) is 22.7. The van der Waals surface area contributed by atoms with E-state index in [0.717, 1.165) is 10.0 Å². The minimum Gasteiger partial charge on any atom is -0.467 e. The van der Waals surface area contributed by atoms with E-state index in [-0.39, 0.29) is 28.8 Å². The maximum absolute atomic E-state index is 13.3. The highest BCUT2D eigenvalue weighted by atomic mass is 79.9. The summed E-state index contributed by atoms with van der Waals surface area (Å²) < 4.78 is 37.4. The van der Waals surface area contributed by atoms with E-state index in [1.165, 1.54) is 35.4 Å². The zero-order valence-corrected chi connectivity index (χ0v) is 19.7. The van der Waals surface area contributed by atoms with Gasteiger partial charge in [0.05, 0.1) is 17.7 Å². The Balaban J connectivity index is 1.63. The van der Waals surface area contributed by atoms with Crippen LogP contribution in [0.3, 0.4) is 0 Å². The Morgan fingerprint density at radius 2 is 1.69 bits per heavy atom. The van der Waals surface area contributed by atoms with Gasteiger partial charge < -0.3 is 13.7 Å². The average molecular weight is 535 g/mol. The number of nitrogens with zero attached hydrogens (tertiary/aromatic N) is 1. The topological polar surface area (TPSA) is 80.7 Å². The van der Waals surface area contributed by atoms with Crippen molar-refractivity contribution in [2.75, 3.05) is 0 Å². The van der Waals surface area contributed by atoms with Crippen LogP contribution in [-0.2, 0) is 22.9 Å². The van der Waals surface area contributed by atoms with E-state index in [1.807, 2.05) is 12.1 Å². The van der Waals surface area contributed by atoms with Gasteiger partial charge in [0, 0.05) is 16.0 Å². The Morgan fingerprint density at radius 1 is 0.938 bits per heavy atom. The minimum atomic E-state index is -3.91. The zero-order valence-electron chi connectivity index (χ0n) is 16.6. The van der Waals surface area contributed by atoms with E-state index in [0.29, 0.717) is 10.8 Å². The van der Waals surface area contributed by atoms with Crippen molar-refractivity contribution in [2.24, 2.45) is 0 Å². The van der Waals surface area contributed by atoms with Crippen LogP contribution >= 0.6 is 27.5 Å². The van der Waals surface area contributed by atoms with Gasteiger partial charge in [-0.1, -0.05) is 45.7 Å². The summed E-state index contributed by atoms with van der Waals surface area (Å²) in [7, 11) is -3.91. The second-order valence-corrected chi connectivity index (χ2v) is 10.1. The van der Waals surface area contributed by atoms with Crippen LogP contribution in [0.1, 0.15) is 21.9 Å². The molecule has 0 spiro atoms. The summed E-state index contributed by atoms with van der Waals surface area (Å²) >= 11 is 9.55. The second kappa shape index (κ2) is 9.36. The number of hydrogen-bond donors (Lipinski definition) is 0. The molecule has 2 aromatic heterocycles. The monoisotopic (exact) mass is 533 g/mol. The molecule has 1 amide bonds. The highest BCUT2D eigenvalue weighted by molar-refractivity contribution is 9.10. The Hall–Kier alpha value is -2.81. The van der Waals surface area contributed by atoms with Crippen molar-refractivity contribution in [2.45, 2.75) is 23.1 Å². The van der Waals surface area contributed by atoms with Gasteiger partial charge >= 0.3 is 0 Å². The molecule has 0 aliphatic rings. The van der Waals surface area contributed by atoms with Gasteiger partial charge in [-0.3, -0.25) is 4.79 Å². The molecule has 9 heteroatoms. The van der Waals surface area contributed by atoms with Gasteiger partial charge in [0.25, 0.3) is 5.91 Å². The fraction of sp³-hybridized carbons (Fsp3) is 0.0870. The molecule has 164 valence electrons. The first kappa shape index (κ1) is 22.4. The van der Waals surface area contributed by atoms with Gasteiger partial charge in [-0.25, -0.2) is 8.42 Å². The summed E-state index contributed by atoms with van der Waals surface area (Å²) in [6.45, 7) is 0.348. The number of hydrogen-bond acceptors (Lipinski definition) is 5. The maximum Gasteiger partial charge on any atom is 0.290 e. The maximum atomic E-state index is 13.3. The van der Waals surface area contributed by atoms with Crippen LogP contribution in [0, 0.1) is 0 Å². The smallest absolute Gasteiger partial charge is 0.290 e. The molecule has 0 fully saturated rings. The lowest BCUT2D eigenvalue weighted by Crippen LogP contribution is -2.29. The lowest BCUT2D eigenvalue weighted by atomic mass is 10.2. The molecule has 0 bridgehead atoms. The number of carbonyl (C=O) groups excluding carboxylic acids is 1. The van der Waals surface area contributed by atoms with Crippen LogP contribution < -0.4 is 0 Å². The van der Waals surface area contributed by atoms with E-state index >= 15 is 0 Å². The summed E-state index contributed by atoms with van der Waals surface area (Å²) in [5.74, 6) is -0.0162. The highest BCUT2D eigenvalue weighted by Crippen LogP contribution is 2.26. The molecule has 0 radical (unpaired) electrons.